The Hall–Kier alpha value is -3.23. The molecule has 0 spiro atoms. The van der Waals surface area contributed by atoms with Crippen LogP contribution >= 0.6 is 0 Å². The quantitative estimate of drug-likeness (QED) is 0.372. The van der Waals surface area contributed by atoms with Gasteiger partial charge >= 0.3 is 6.36 Å². The van der Waals surface area contributed by atoms with Crippen molar-refractivity contribution in [3.63, 3.8) is 0 Å². The number of hydrazine groups is 1. The summed E-state index contributed by atoms with van der Waals surface area (Å²) in [7, 11) is -3.02. The summed E-state index contributed by atoms with van der Waals surface area (Å²) in [6.45, 7) is -0.483. The third kappa shape index (κ3) is 5.22. The number of rotatable bonds is 6. The van der Waals surface area contributed by atoms with Crippen LogP contribution in [0.5, 0.6) is 5.75 Å². The second-order valence-electron chi connectivity index (χ2n) is 5.63. The van der Waals surface area contributed by atoms with Gasteiger partial charge in [0.15, 0.2) is 5.69 Å². The van der Waals surface area contributed by atoms with Crippen molar-refractivity contribution in [2.75, 3.05) is 19.5 Å². The van der Waals surface area contributed by atoms with E-state index in [1.807, 2.05) is 0 Å². The normalized spacial score (nSPS) is 11.8. The van der Waals surface area contributed by atoms with Gasteiger partial charge < -0.3 is 15.2 Å². The number of imide groups is 1. The number of ether oxygens (including phenoxy) is 2. The number of aromatic nitrogens is 1. The number of halogens is 3. The summed E-state index contributed by atoms with van der Waals surface area (Å²) in [6, 6.07) is 4.35. The van der Waals surface area contributed by atoms with E-state index in [-0.39, 0.29) is 9.90 Å². The van der Waals surface area contributed by atoms with Gasteiger partial charge in [-0.15, -0.1) is 13.2 Å². The summed E-state index contributed by atoms with van der Waals surface area (Å²) in [4.78, 5) is 26.6. The third-order valence-electron chi connectivity index (χ3n) is 3.53. The SMILES string of the molecule is COCC(=O)N(N)C(=O)c1ncc(S(=O)(=O)c2ccc(OC(F)(F)F)cc2)cc1N. The fourth-order valence-corrected chi connectivity index (χ4v) is 3.40. The number of alkyl halides is 3. The number of anilines is 1. The Labute approximate surface area is 168 Å². The number of carbonyl (C=O) groups excluding carboxylic acids is 2. The molecule has 2 amide bonds. The molecule has 0 aliphatic carbocycles. The highest BCUT2D eigenvalue weighted by Crippen LogP contribution is 2.27. The Balaban J connectivity index is 2.30. The van der Waals surface area contributed by atoms with Crippen LogP contribution in [0, 0.1) is 0 Å². The van der Waals surface area contributed by atoms with Gasteiger partial charge in [0.2, 0.25) is 9.84 Å². The number of nitrogen functional groups attached to an aromatic ring is 1. The van der Waals surface area contributed by atoms with E-state index in [2.05, 4.69) is 14.5 Å². The molecule has 2 aromatic rings. The second-order valence-corrected chi connectivity index (χ2v) is 7.58. The molecule has 0 atom stereocenters. The summed E-state index contributed by atoms with van der Waals surface area (Å²) in [5, 5.41) is 0.218. The Morgan fingerprint density at radius 3 is 2.27 bits per heavy atom. The van der Waals surface area contributed by atoms with Gasteiger partial charge in [0, 0.05) is 13.3 Å². The molecule has 2 rings (SSSR count). The highest BCUT2D eigenvalue weighted by molar-refractivity contribution is 7.91. The molecule has 1 aromatic carbocycles. The van der Waals surface area contributed by atoms with Crippen molar-refractivity contribution in [2.45, 2.75) is 16.2 Å². The van der Waals surface area contributed by atoms with Crippen molar-refractivity contribution in [1.29, 1.82) is 0 Å². The lowest BCUT2D eigenvalue weighted by Gasteiger charge is -2.15. The third-order valence-corrected chi connectivity index (χ3v) is 5.26. The molecule has 30 heavy (non-hydrogen) atoms. The first kappa shape index (κ1) is 23.1. The predicted octanol–water partition coefficient (Wildman–Crippen LogP) is 0.884. The number of benzene rings is 1. The zero-order chi connectivity index (χ0) is 22.7. The predicted molar refractivity (Wildman–Crippen MR) is 94.5 cm³/mol. The minimum Gasteiger partial charge on any atom is -0.406 e. The Morgan fingerprint density at radius 2 is 1.77 bits per heavy atom. The van der Waals surface area contributed by atoms with E-state index in [1.54, 1.807) is 0 Å². The van der Waals surface area contributed by atoms with Gasteiger partial charge in [-0.1, -0.05) is 0 Å². The topological polar surface area (TPSA) is 155 Å². The molecule has 0 radical (unpaired) electrons. The minimum atomic E-state index is -4.93. The van der Waals surface area contributed by atoms with Crippen molar-refractivity contribution in [3.05, 3.63) is 42.2 Å². The van der Waals surface area contributed by atoms with Gasteiger partial charge in [-0.05, 0) is 30.3 Å². The van der Waals surface area contributed by atoms with Crippen LogP contribution in [0.1, 0.15) is 10.5 Å². The summed E-state index contributed by atoms with van der Waals surface area (Å²) < 4.78 is 70.1. The van der Waals surface area contributed by atoms with E-state index in [0.29, 0.717) is 0 Å². The Bertz CT molecular complexity index is 1060. The molecule has 14 heteroatoms. The summed E-state index contributed by atoms with van der Waals surface area (Å²) in [6.07, 6.45) is -4.13. The van der Waals surface area contributed by atoms with Crippen LogP contribution in [0.25, 0.3) is 0 Å². The van der Waals surface area contributed by atoms with Gasteiger partial charge in [-0.2, -0.15) is 0 Å². The maximum absolute atomic E-state index is 12.6. The van der Waals surface area contributed by atoms with E-state index < -0.39 is 56.6 Å². The Kier molecular flexibility index (Phi) is 6.64. The van der Waals surface area contributed by atoms with E-state index >= 15 is 0 Å². The first-order valence-corrected chi connectivity index (χ1v) is 9.32. The van der Waals surface area contributed by atoms with Crippen molar-refractivity contribution < 1.29 is 40.7 Å². The number of amides is 2. The summed E-state index contributed by atoms with van der Waals surface area (Å²) in [5.74, 6) is 2.78. The van der Waals surface area contributed by atoms with Gasteiger partial charge in [0.25, 0.3) is 11.8 Å². The van der Waals surface area contributed by atoms with Gasteiger partial charge in [0.1, 0.15) is 12.4 Å². The maximum Gasteiger partial charge on any atom is 0.573 e. The number of nitrogens with zero attached hydrogens (tertiary/aromatic N) is 2. The largest absolute Gasteiger partial charge is 0.573 e. The number of sulfone groups is 1. The van der Waals surface area contributed by atoms with Crippen LogP contribution in [0.15, 0.2) is 46.3 Å². The molecule has 0 saturated heterocycles. The molecule has 0 aliphatic heterocycles. The molecule has 0 bridgehead atoms. The zero-order valence-corrected chi connectivity index (χ0v) is 16.0. The molecular formula is C16H15F3N4O6S. The molecule has 10 nitrogen and oxygen atoms in total. The maximum atomic E-state index is 12.6. The fraction of sp³-hybridized carbons (Fsp3) is 0.188. The lowest BCUT2D eigenvalue weighted by atomic mass is 10.3. The van der Waals surface area contributed by atoms with Crippen molar-refractivity contribution in [1.82, 2.24) is 9.99 Å². The van der Waals surface area contributed by atoms with Gasteiger partial charge in [-0.25, -0.2) is 24.3 Å². The molecule has 0 saturated carbocycles. The molecule has 0 unspecified atom stereocenters. The molecule has 4 N–H and O–H groups in total. The van der Waals surface area contributed by atoms with Crippen LogP contribution < -0.4 is 16.3 Å². The first-order valence-electron chi connectivity index (χ1n) is 7.84. The van der Waals surface area contributed by atoms with E-state index in [9.17, 15) is 31.2 Å². The van der Waals surface area contributed by atoms with E-state index in [0.717, 1.165) is 36.5 Å². The van der Waals surface area contributed by atoms with Crippen LogP contribution in [-0.2, 0) is 19.4 Å². The van der Waals surface area contributed by atoms with E-state index in [1.165, 1.54) is 7.11 Å². The number of hydrogen-bond acceptors (Lipinski definition) is 9. The lowest BCUT2D eigenvalue weighted by Crippen LogP contribution is -2.45. The number of carbonyl (C=O) groups is 2. The molecule has 0 fully saturated rings. The average molecular weight is 448 g/mol. The first-order chi connectivity index (χ1) is 13.9. The second kappa shape index (κ2) is 8.64. The number of pyridine rings is 1. The summed E-state index contributed by atoms with van der Waals surface area (Å²) >= 11 is 0. The molecule has 1 heterocycles. The molecule has 1 aromatic heterocycles. The standard InChI is InChI=1S/C16H15F3N4O6S/c1-28-8-13(24)23(21)15(25)14-12(20)6-11(7-22-14)30(26,27)10-4-2-9(3-5-10)29-16(17,18)19/h2-7H,8,20-21H2,1H3. The summed E-state index contributed by atoms with van der Waals surface area (Å²) in [5.41, 5.74) is 4.82. The molecule has 162 valence electrons. The molecular weight excluding hydrogens is 433 g/mol. The van der Waals surface area contributed by atoms with Gasteiger partial charge in [-0.3, -0.25) is 9.59 Å². The number of methoxy groups -OCH3 is 1. The van der Waals surface area contributed by atoms with Crippen LogP contribution in [-0.4, -0.2) is 50.3 Å². The number of nitrogens with two attached hydrogens (primary N) is 2. The molecule has 0 aliphatic rings. The monoisotopic (exact) mass is 448 g/mol. The highest BCUT2D eigenvalue weighted by Gasteiger charge is 2.31. The van der Waals surface area contributed by atoms with Crippen LogP contribution in [0.3, 0.4) is 0 Å². The van der Waals surface area contributed by atoms with Crippen molar-refractivity contribution in [2.24, 2.45) is 5.84 Å². The van der Waals surface area contributed by atoms with Gasteiger partial charge in [0.05, 0.1) is 15.5 Å². The fourth-order valence-electron chi connectivity index (χ4n) is 2.16. The van der Waals surface area contributed by atoms with Crippen LogP contribution in [0.4, 0.5) is 18.9 Å². The van der Waals surface area contributed by atoms with Crippen molar-refractivity contribution in [3.8, 4) is 5.75 Å². The Morgan fingerprint density at radius 1 is 1.17 bits per heavy atom. The van der Waals surface area contributed by atoms with Crippen molar-refractivity contribution >= 4 is 27.3 Å². The lowest BCUT2D eigenvalue weighted by molar-refractivity contribution is -0.274. The van der Waals surface area contributed by atoms with E-state index in [4.69, 9.17) is 11.6 Å². The number of hydrogen-bond donors (Lipinski definition) is 2. The average Bonchev–Trinajstić information content (AvgIpc) is 2.66. The van der Waals surface area contributed by atoms with Crippen LogP contribution in [0.2, 0.25) is 0 Å². The zero-order valence-electron chi connectivity index (χ0n) is 15.2. The highest BCUT2D eigenvalue weighted by atomic mass is 32.2. The smallest absolute Gasteiger partial charge is 0.406 e. The minimum absolute atomic E-state index is 0.218.